The zero-order valence-electron chi connectivity index (χ0n) is 14.6. The van der Waals surface area contributed by atoms with Crippen molar-refractivity contribution >= 4 is 22.5 Å². The minimum atomic E-state index is 0.00229. The van der Waals surface area contributed by atoms with E-state index < -0.39 is 0 Å². The Morgan fingerprint density at radius 3 is 2.68 bits per heavy atom. The van der Waals surface area contributed by atoms with E-state index in [1.807, 2.05) is 13.0 Å². The second-order valence-corrected chi connectivity index (χ2v) is 6.67. The summed E-state index contributed by atoms with van der Waals surface area (Å²) >= 11 is 6.07. The van der Waals surface area contributed by atoms with Crippen LogP contribution in [0.4, 0.5) is 0 Å². The molecular formula is C20H23ClN3O+. The summed E-state index contributed by atoms with van der Waals surface area (Å²) < 4.78 is 1.76. The lowest BCUT2D eigenvalue weighted by atomic mass is 10.1. The minimum absolute atomic E-state index is 0.00229. The van der Waals surface area contributed by atoms with Crippen molar-refractivity contribution in [1.29, 1.82) is 0 Å². The van der Waals surface area contributed by atoms with Crippen LogP contribution in [0.3, 0.4) is 0 Å². The number of quaternary nitrogens is 1. The smallest absolute Gasteiger partial charge is 0.261 e. The van der Waals surface area contributed by atoms with Gasteiger partial charge in [0, 0.05) is 18.0 Å². The van der Waals surface area contributed by atoms with E-state index in [0.29, 0.717) is 22.5 Å². The molecule has 1 aromatic heterocycles. The molecule has 3 rings (SSSR count). The van der Waals surface area contributed by atoms with Crippen LogP contribution in [-0.4, -0.2) is 16.1 Å². The number of fused-ring (bicyclic) bond motifs is 1. The van der Waals surface area contributed by atoms with Crippen LogP contribution in [0.25, 0.3) is 10.9 Å². The molecule has 0 aliphatic rings. The zero-order chi connectivity index (χ0) is 17.8. The molecule has 0 saturated carbocycles. The topological polar surface area (TPSA) is 51.5 Å². The Balaban J connectivity index is 1.84. The highest BCUT2D eigenvalue weighted by Gasteiger charge is 2.18. The Morgan fingerprint density at radius 2 is 1.96 bits per heavy atom. The molecular weight excluding hydrogens is 334 g/mol. The molecule has 2 N–H and O–H groups in total. The molecule has 2 aromatic carbocycles. The van der Waals surface area contributed by atoms with Gasteiger partial charge in [-0.1, -0.05) is 41.9 Å². The Morgan fingerprint density at radius 1 is 1.20 bits per heavy atom. The summed E-state index contributed by atoms with van der Waals surface area (Å²) in [6, 6.07) is 15.8. The average molecular weight is 357 g/mol. The lowest BCUT2D eigenvalue weighted by molar-refractivity contribution is -0.693. The van der Waals surface area contributed by atoms with E-state index in [0.717, 1.165) is 18.8 Å². The van der Waals surface area contributed by atoms with E-state index in [1.165, 1.54) is 5.56 Å². The van der Waals surface area contributed by atoms with Gasteiger partial charge in [-0.2, -0.15) is 0 Å². The molecule has 0 radical (unpaired) electrons. The number of rotatable bonds is 6. The van der Waals surface area contributed by atoms with Crippen molar-refractivity contribution in [2.75, 3.05) is 6.54 Å². The second-order valence-electron chi connectivity index (χ2n) is 6.23. The molecule has 1 atom stereocenters. The molecule has 0 amide bonds. The number of benzene rings is 2. The second kappa shape index (κ2) is 7.81. The van der Waals surface area contributed by atoms with E-state index in [-0.39, 0.29) is 11.6 Å². The predicted octanol–water partition coefficient (Wildman–Crippen LogP) is 2.94. The quantitative estimate of drug-likeness (QED) is 0.738. The van der Waals surface area contributed by atoms with Gasteiger partial charge in [0.25, 0.3) is 5.56 Å². The van der Waals surface area contributed by atoms with Crippen LogP contribution in [0.1, 0.15) is 31.3 Å². The first-order chi connectivity index (χ1) is 12.1. The third kappa shape index (κ3) is 3.91. The molecule has 0 saturated heterocycles. The summed E-state index contributed by atoms with van der Waals surface area (Å²) in [6.07, 6.45) is 0.987. The van der Waals surface area contributed by atoms with Gasteiger partial charge < -0.3 is 5.32 Å². The fourth-order valence-electron chi connectivity index (χ4n) is 3.11. The van der Waals surface area contributed by atoms with Crippen molar-refractivity contribution in [3.63, 3.8) is 0 Å². The van der Waals surface area contributed by atoms with Gasteiger partial charge in [-0.15, -0.1) is 0 Å². The number of halogens is 1. The van der Waals surface area contributed by atoms with Gasteiger partial charge in [0.15, 0.2) is 5.82 Å². The molecule has 3 aromatic rings. The standard InChI is InChI=1S/C20H22ClN3O/c1-3-24-19(14(2)22-12-11-15-7-5-4-6-8-15)23-18-13-16(21)9-10-17(18)20(24)25/h4-10,13-14,22H,3,11-12H2,1-2H3/p+1/t14-/m1/s1. The zero-order valence-corrected chi connectivity index (χ0v) is 15.3. The molecule has 0 aliphatic heterocycles. The maximum absolute atomic E-state index is 12.8. The fourth-order valence-corrected chi connectivity index (χ4v) is 3.28. The molecule has 130 valence electrons. The van der Waals surface area contributed by atoms with Gasteiger partial charge >= 0.3 is 0 Å². The molecule has 1 heterocycles. The molecule has 0 aliphatic carbocycles. The highest BCUT2D eigenvalue weighted by molar-refractivity contribution is 6.31. The van der Waals surface area contributed by atoms with Gasteiger partial charge in [0.05, 0.1) is 17.4 Å². The average Bonchev–Trinajstić information content (AvgIpc) is 2.62. The molecule has 0 fully saturated rings. The van der Waals surface area contributed by atoms with Gasteiger partial charge in [-0.3, -0.25) is 9.36 Å². The normalized spacial score (nSPS) is 12.4. The predicted molar refractivity (Wildman–Crippen MR) is 102 cm³/mol. The third-order valence-corrected chi connectivity index (χ3v) is 4.70. The van der Waals surface area contributed by atoms with Gasteiger partial charge in [-0.05, 0) is 37.6 Å². The number of hydrogen-bond donors (Lipinski definition) is 1. The highest BCUT2D eigenvalue weighted by Crippen LogP contribution is 2.17. The summed E-state index contributed by atoms with van der Waals surface area (Å²) in [6.45, 7) is 5.62. The van der Waals surface area contributed by atoms with Crippen LogP contribution in [0.15, 0.2) is 53.3 Å². The summed E-state index contributed by atoms with van der Waals surface area (Å²) in [5.74, 6) is 0.801. The van der Waals surface area contributed by atoms with Crippen LogP contribution < -0.4 is 10.9 Å². The summed E-state index contributed by atoms with van der Waals surface area (Å²) in [7, 11) is 0. The molecule has 0 unspecified atom stereocenters. The first-order valence-corrected chi connectivity index (χ1v) is 9.05. The maximum Gasteiger partial charge on any atom is 0.261 e. The monoisotopic (exact) mass is 356 g/mol. The minimum Gasteiger partial charge on any atom is -0.337 e. The van der Waals surface area contributed by atoms with Crippen LogP contribution in [0, 0.1) is 0 Å². The van der Waals surface area contributed by atoms with E-state index in [2.05, 4.69) is 36.5 Å². The first kappa shape index (κ1) is 17.6. The lowest BCUT2D eigenvalue weighted by Gasteiger charge is -2.16. The maximum atomic E-state index is 12.8. The Labute approximate surface area is 152 Å². The van der Waals surface area contributed by atoms with Crippen LogP contribution >= 0.6 is 11.6 Å². The molecule has 4 nitrogen and oxygen atoms in total. The first-order valence-electron chi connectivity index (χ1n) is 8.67. The summed E-state index contributed by atoms with van der Waals surface area (Å²) in [5.41, 5.74) is 1.99. The van der Waals surface area contributed by atoms with Gasteiger partial charge in [-0.25, -0.2) is 4.98 Å². The van der Waals surface area contributed by atoms with Crippen LogP contribution in [0.5, 0.6) is 0 Å². The SMILES string of the molecule is CCn1c([C@@H](C)[NH2+]CCc2ccccc2)nc2cc(Cl)ccc2c1=O. The summed E-state index contributed by atoms with van der Waals surface area (Å²) in [5, 5.41) is 3.45. The van der Waals surface area contributed by atoms with E-state index in [1.54, 1.807) is 22.8 Å². The van der Waals surface area contributed by atoms with Crippen molar-refractivity contribution in [2.45, 2.75) is 32.9 Å². The molecule has 5 heteroatoms. The largest absolute Gasteiger partial charge is 0.337 e. The molecule has 25 heavy (non-hydrogen) atoms. The van der Waals surface area contributed by atoms with E-state index >= 15 is 0 Å². The number of aromatic nitrogens is 2. The van der Waals surface area contributed by atoms with Gasteiger partial charge in [0.2, 0.25) is 0 Å². The number of nitrogens with zero attached hydrogens (tertiary/aromatic N) is 2. The Bertz CT molecular complexity index is 921. The van der Waals surface area contributed by atoms with E-state index in [9.17, 15) is 4.79 Å². The molecule has 0 spiro atoms. The van der Waals surface area contributed by atoms with Crippen molar-refractivity contribution < 1.29 is 5.32 Å². The fraction of sp³-hybridized carbons (Fsp3) is 0.300. The van der Waals surface area contributed by atoms with Crippen molar-refractivity contribution in [3.8, 4) is 0 Å². The summed E-state index contributed by atoms with van der Waals surface area (Å²) in [4.78, 5) is 17.5. The third-order valence-electron chi connectivity index (χ3n) is 4.47. The lowest BCUT2D eigenvalue weighted by Crippen LogP contribution is -2.85. The van der Waals surface area contributed by atoms with Crippen molar-refractivity contribution in [2.24, 2.45) is 0 Å². The van der Waals surface area contributed by atoms with Crippen LogP contribution in [-0.2, 0) is 13.0 Å². The number of hydrogen-bond acceptors (Lipinski definition) is 2. The number of nitrogens with two attached hydrogens (primary N) is 1. The van der Waals surface area contributed by atoms with E-state index in [4.69, 9.17) is 16.6 Å². The Kier molecular flexibility index (Phi) is 5.51. The Hall–Kier alpha value is -2.17. The van der Waals surface area contributed by atoms with Crippen molar-refractivity contribution in [3.05, 3.63) is 75.3 Å². The van der Waals surface area contributed by atoms with Crippen molar-refractivity contribution in [1.82, 2.24) is 9.55 Å². The van der Waals surface area contributed by atoms with Gasteiger partial charge in [0.1, 0.15) is 6.04 Å². The van der Waals surface area contributed by atoms with Crippen LogP contribution in [0.2, 0.25) is 5.02 Å². The highest BCUT2D eigenvalue weighted by atomic mass is 35.5. The molecule has 0 bridgehead atoms.